The molecule has 2 aliphatic rings. The molecule has 154 valence electrons. The Balaban J connectivity index is 1.50. The van der Waals surface area contributed by atoms with Crippen molar-refractivity contribution in [2.45, 2.75) is 31.7 Å². The molecule has 2 fully saturated rings. The molecule has 0 unspecified atom stereocenters. The van der Waals surface area contributed by atoms with Crippen LogP contribution in [0, 0.1) is 5.92 Å². The highest BCUT2D eigenvalue weighted by Gasteiger charge is 2.35. The molecule has 0 aromatic heterocycles. The van der Waals surface area contributed by atoms with Gasteiger partial charge >= 0.3 is 0 Å². The summed E-state index contributed by atoms with van der Waals surface area (Å²) in [4.78, 5) is 29.0. The van der Waals surface area contributed by atoms with Gasteiger partial charge in [-0.1, -0.05) is 6.07 Å². The number of piperidine rings is 1. The molecule has 0 radical (unpaired) electrons. The first-order chi connectivity index (χ1) is 13.5. The SMILES string of the molecule is COc1ccc(CCN2C[C@H](C(=O)NC3CCN(C)CC3)CC2=O)cc1OC. The molecule has 1 atom stereocenters. The van der Waals surface area contributed by atoms with E-state index in [1.807, 2.05) is 18.2 Å². The Morgan fingerprint density at radius 1 is 1.18 bits per heavy atom. The highest BCUT2D eigenvalue weighted by Crippen LogP contribution is 2.28. The Bertz CT molecular complexity index is 701. The zero-order chi connectivity index (χ0) is 20.1. The maximum atomic E-state index is 12.6. The molecule has 1 aromatic rings. The molecular formula is C21H31N3O4. The van der Waals surface area contributed by atoms with E-state index in [4.69, 9.17) is 9.47 Å². The molecule has 2 saturated heterocycles. The maximum absolute atomic E-state index is 12.6. The Hall–Kier alpha value is -2.28. The lowest BCUT2D eigenvalue weighted by Crippen LogP contribution is -2.45. The molecule has 2 aliphatic heterocycles. The predicted octanol–water partition coefficient (Wildman–Crippen LogP) is 1.31. The van der Waals surface area contributed by atoms with Crippen LogP contribution in [-0.2, 0) is 16.0 Å². The van der Waals surface area contributed by atoms with Crippen LogP contribution in [0.25, 0.3) is 0 Å². The van der Waals surface area contributed by atoms with E-state index in [0.717, 1.165) is 37.9 Å². The van der Waals surface area contributed by atoms with Crippen molar-refractivity contribution in [1.29, 1.82) is 0 Å². The van der Waals surface area contributed by atoms with Gasteiger partial charge in [0, 0.05) is 25.6 Å². The molecule has 0 saturated carbocycles. The first-order valence-corrected chi connectivity index (χ1v) is 9.97. The number of rotatable bonds is 7. The maximum Gasteiger partial charge on any atom is 0.225 e. The second kappa shape index (κ2) is 9.28. The van der Waals surface area contributed by atoms with Gasteiger partial charge in [-0.3, -0.25) is 9.59 Å². The molecule has 1 aromatic carbocycles. The summed E-state index contributed by atoms with van der Waals surface area (Å²) in [5.41, 5.74) is 1.07. The number of nitrogens with zero attached hydrogens (tertiary/aromatic N) is 2. The molecule has 2 amide bonds. The normalized spacial score (nSPS) is 21.0. The predicted molar refractivity (Wildman–Crippen MR) is 107 cm³/mol. The van der Waals surface area contributed by atoms with E-state index in [1.54, 1.807) is 19.1 Å². The fourth-order valence-electron chi connectivity index (χ4n) is 3.94. The average molecular weight is 389 g/mol. The standard InChI is InChI=1S/C21H31N3O4/c1-23-9-7-17(8-10-23)22-21(26)16-13-20(25)24(14-16)11-6-15-4-5-18(27-2)19(12-15)28-3/h4-5,12,16-17H,6-11,13-14H2,1-3H3,(H,22,26)/t16-/m1/s1. The van der Waals surface area contributed by atoms with Gasteiger partial charge in [-0.2, -0.15) is 0 Å². The van der Waals surface area contributed by atoms with Crippen molar-refractivity contribution in [3.63, 3.8) is 0 Å². The molecule has 0 bridgehead atoms. The van der Waals surface area contributed by atoms with Gasteiger partial charge in [0.25, 0.3) is 0 Å². The van der Waals surface area contributed by atoms with Crippen LogP contribution < -0.4 is 14.8 Å². The van der Waals surface area contributed by atoms with Crippen LogP contribution in [-0.4, -0.2) is 75.1 Å². The van der Waals surface area contributed by atoms with Crippen molar-refractivity contribution >= 4 is 11.8 Å². The van der Waals surface area contributed by atoms with Crippen LogP contribution in [0.5, 0.6) is 11.5 Å². The highest BCUT2D eigenvalue weighted by atomic mass is 16.5. The van der Waals surface area contributed by atoms with Crippen LogP contribution in [0.2, 0.25) is 0 Å². The third-order valence-electron chi connectivity index (χ3n) is 5.77. The van der Waals surface area contributed by atoms with Crippen molar-refractivity contribution in [2.75, 3.05) is 47.4 Å². The van der Waals surface area contributed by atoms with Gasteiger partial charge in [0.2, 0.25) is 11.8 Å². The zero-order valence-electron chi connectivity index (χ0n) is 17.1. The Labute approximate surface area is 167 Å². The number of carbonyl (C=O) groups is 2. The lowest BCUT2D eigenvalue weighted by molar-refractivity contribution is -0.129. The minimum absolute atomic E-state index is 0.0246. The molecule has 1 N–H and O–H groups in total. The third-order valence-corrected chi connectivity index (χ3v) is 5.77. The fourth-order valence-corrected chi connectivity index (χ4v) is 3.94. The van der Waals surface area contributed by atoms with Crippen molar-refractivity contribution in [3.8, 4) is 11.5 Å². The molecule has 7 heteroatoms. The van der Waals surface area contributed by atoms with Crippen LogP contribution in [0.3, 0.4) is 0 Å². The van der Waals surface area contributed by atoms with Crippen molar-refractivity contribution in [2.24, 2.45) is 5.92 Å². The number of carbonyl (C=O) groups excluding carboxylic acids is 2. The summed E-state index contributed by atoms with van der Waals surface area (Å²) in [5.74, 6) is 1.22. The molecule has 28 heavy (non-hydrogen) atoms. The van der Waals surface area contributed by atoms with Crippen molar-refractivity contribution < 1.29 is 19.1 Å². The lowest BCUT2D eigenvalue weighted by atomic mass is 10.0. The van der Waals surface area contributed by atoms with Gasteiger partial charge in [-0.25, -0.2) is 0 Å². The summed E-state index contributed by atoms with van der Waals surface area (Å²) in [6, 6.07) is 6.02. The average Bonchev–Trinajstić information content (AvgIpc) is 3.08. The minimum atomic E-state index is -0.238. The summed E-state index contributed by atoms with van der Waals surface area (Å²) < 4.78 is 10.6. The zero-order valence-corrected chi connectivity index (χ0v) is 17.1. The van der Waals surface area contributed by atoms with Crippen LogP contribution in [0.4, 0.5) is 0 Å². The summed E-state index contributed by atoms with van der Waals surface area (Å²) in [7, 11) is 5.32. The van der Waals surface area contributed by atoms with Gasteiger partial charge < -0.3 is 24.6 Å². The molecule has 2 heterocycles. The number of hydrogen-bond donors (Lipinski definition) is 1. The topological polar surface area (TPSA) is 71.1 Å². The van der Waals surface area contributed by atoms with Crippen LogP contribution in [0.15, 0.2) is 18.2 Å². The first-order valence-electron chi connectivity index (χ1n) is 9.97. The summed E-state index contributed by atoms with van der Waals surface area (Å²) in [6.45, 7) is 3.12. The van der Waals surface area contributed by atoms with E-state index in [0.29, 0.717) is 31.0 Å². The number of benzene rings is 1. The van der Waals surface area contributed by atoms with Gasteiger partial charge in [0.05, 0.1) is 20.1 Å². The molecule has 0 aliphatic carbocycles. The molecular weight excluding hydrogens is 358 g/mol. The van der Waals surface area contributed by atoms with Crippen LogP contribution >= 0.6 is 0 Å². The van der Waals surface area contributed by atoms with E-state index in [2.05, 4.69) is 17.3 Å². The van der Waals surface area contributed by atoms with E-state index in [-0.39, 0.29) is 23.8 Å². The van der Waals surface area contributed by atoms with E-state index in [9.17, 15) is 9.59 Å². The monoisotopic (exact) mass is 389 g/mol. The number of hydrogen-bond acceptors (Lipinski definition) is 5. The summed E-state index contributed by atoms with van der Waals surface area (Å²) in [5, 5.41) is 3.15. The summed E-state index contributed by atoms with van der Waals surface area (Å²) >= 11 is 0. The Morgan fingerprint density at radius 3 is 2.57 bits per heavy atom. The minimum Gasteiger partial charge on any atom is -0.493 e. The van der Waals surface area contributed by atoms with E-state index in [1.165, 1.54) is 0 Å². The molecule has 3 rings (SSSR count). The quantitative estimate of drug-likeness (QED) is 0.761. The van der Waals surface area contributed by atoms with E-state index < -0.39 is 0 Å². The first kappa shape index (κ1) is 20.5. The van der Waals surface area contributed by atoms with Gasteiger partial charge in [0.15, 0.2) is 11.5 Å². The summed E-state index contributed by atoms with van der Waals surface area (Å²) in [6.07, 6.45) is 2.98. The van der Waals surface area contributed by atoms with Gasteiger partial charge in [0.1, 0.15) is 0 Å². The number of nitrogens with one attached hydrogen (secondary N) is 1. The van der Waals surface area contributed by atoms with Crippen molar-refractivity contribution in [3.05, 3.63) is 23.8 Å². The van der Waals surface area contributed by atoms with Gasteiger partial charge in [-0.05, 0) is 57.1 Å². The second-order valence-corrected chi connectivity index (χ2v) is 7.77. The number of likely N-dealkylation sites (tertiary alicyclic amines) is 2. The lowest BCUT2D eigenvalue weighted by Gasteiger charge is -2.30. The van der Waals surface area contributed by atoms with Crippen LogP contribution in [0.1, 0.15) is 24.8 Å². The number of ether oxygens (including phenoxy) is 2. The molecule has 7 nitrogen and oxygen atoms in total. The van der Waals surface area contributed by atoms with Crippen molar-refractivity contribution in [1.82, 2.24) is 15.1 Å². The number of amides is 2. The van der Waals surface area contributed by atoms with Gasteiger partial charge in [-0.15, -0.1) is 0 Å². The molecule has 0 spiro atoms. The Morgan fingerprint density at radius 2 is 1.89 bits per heavy atom. The fraction of sp³-hybridized carbons (Fsp3) is 0.619. The Kier molecular flexibility index (Phi) is 6.78. The number of methoxy groups -OCH3 is 2. The second-order valence-electron chi connectivity index (χ2n) is 7.77. The highest BCUT2D eigenvalue weighted by molar-refractivity contribution is 5.89. The van der Waals surface area contributed by atoms with E-state index >= 15 is 0 Å². The smallest absolute Gasteiger partial charge is 0.225 e. The third kappa shape index (κ3) is 4.95. The largest absolute Gasteiger partial charge is 0.493 e.